The molecule has 0 aliphatic rings. The smallest absolute Gasteiger partial charge is 0.166 e. The predicted molar refractivity (Wildman–Crippen MR) is 62.1 cm³/mol. The Morgan fingerprint density at radius 3 is 2.93 bits per heavy atom. The van der Waals surface area contributed by atoms with Gasteiger partial charge in [0.2, 0.25) is 0 Å². The lowest BCUT2D eigenvalue weighted by atomic mass is 10.0. The second-order valence-corrected chi connectivity index (χ2v) is 4.96. The number of aliphatic hydroxyl groups is 1. The Labute approximate surface area is 96.3 Å². The molecular formula is C11H8ClNOS. The van der Waals surface area contributed by atoms with Crippen LogP contribution >= 0.6 is 22.9 Å². The summed E-state index contributed by atoms with van der Waals surface area (Å²) < 4.78 is 1.75. The summed E-state index contributed by atoms with van der Waals surface area (Å²) in [6.07, 6.45) is -1.06. The largest absolute Gasteiger partial charge is 0.374 e. The first kappa shape index (κ1) is 10.4. The summed E-state index contributed by atoms with van der Waals surface area (Å²) in [6.45, 7) is 1.89. The molecule has 1 heterocycles. The van der Waals surface area contributed by atoms with Crippen LogP contribution in [0.25, 0.3) is 10.1 Å². The molecule has 2 aromatic rings. The van der Waals surface area contributed by atoms with Crippen molar-refractivity contribution in [2.24, 2.45) is 0 Å². The number of nitrogens with zero attached hydrogens (tertiary/aromatic N) is 1. The van der Waals surface area contributed by atoms with Crippen LogP contribution in [0.4, 0.5) is 0 Å². The molecule has 2 nitrogen and oxygen atoms in total. The van der Waals surface area contributed by atoms with E-state index >= 15 is 0 Å². The van der Waals surface area contributed by atoms with Crippen molar-refractivity contribution in [3.63, 3.8) is 0 Å². The van der Waals surface area contributed by atoms with Gasteiger partial charge in [0, 0.05) is 4.70 Å². The van der Waals surface area contributed by atoms with Crippen molar-refractivity contribution in [1.82, 2.24) is 0 Å². The fraction of sp³-hybridized carbons (Fsp3) is 0.182. The molecule has 0 saturated heterocycles. The van der Waals surface area contributed by atoms with Crippen molar-refractivity contribution in [2.45, 2.75) is 13.0 Å². The highest BCUT2D eigenvalue weighted by molar-refractivity contribution is 7.22. The van der Waals surface area contributed by atoms with Crippen LogP contribution in [0.5, 0.6) is 0 Å². The second kappa shape index (κ2) is 3.82. The summed E-state index contributed by atoms with van der Waals surface area (Å²) in [4.78, 5) is 0. The van der Waals surface area contributed by atoms with Gasteiger partial charge < -0.3 is 5.11 Å². The van der Waals surface area contributed by atoms with Crippen LogP contribution in [0.2, 0.25) is 4.34 Å². The van der Waals surface area contributed by atoms with Crippen molar-refractivity contribution in [1.29, 1.82) is 5.26 Å². The normalized spacial score (nSPS) is 12.7. The summed E-state index contributed by atoms with van der Waals surface area (Å²) in [7, 11) is 0. The zero-order valence-electron chi connectivity index (χ0n) is 7.99. The summed E-state index contributed by atoms with van der Waals surface area (Å²) in [5.41, 5.74) is 1.59. The van der Waals surface area contributed by atoms with Gasteiger partial charge in [0.05, 0.1) is 10.4 Å². The quantitative estimate of drug-likeness (QED) is 0.773. The van der Waals surface area contributed by atoms with Crippen LogP contribution < -0.4 is 0 Å². The third-order valence-electron chi connectivity index (χ3n) is 2.36. The van der Waals surface area contributed by atoms with E-state index in [0.29, 0.717) is 5.56 Å². The Hall–Kier alpha value is -1.08. The predicted octanol–water partition coefficient (Wildman–Crippen LogP) is 3.42. The Morgan fingerprint density at radius 1 is 1.53 bits per heavy atom. The number of aryl methyl sites for hydroxylation is 1. The van der Waals surface area contributed by atoms with Crippen molar-refractivity contribution < 1.29 is 5.11 Å². The zero-order valence-corrected chi connectivity index (χ0v) is 9.56. The van der Waals surface area contributed by atoms with Crippen LogP contribution in [0.15, 0.2) is 18.2 Å². The van der Waals surface area contributed by atoms with E-state index in [1.54, 1.807) is 6.07 Å². The van der Waals surface area contributed by atoms with Gasteiger partial charge >= 0.3 is 0 Å². The lowest BCUT2D eigenvalue weighted by Gasteiger charge is -2.06. The first-order chi connectivity index (χ1) is 7.13. The van der Waals surface area contributed by atoms with Crippen LogP contribution in [0.3, 0.4) is 0 Å². The average molecular weight is 238 g/mol. The molecule has 0 bridgehead atoms. The maximum absolute atomic E-state index is 9.49. The number of hydrogen-bond donors (Lipinski definition) is 1. The summed E-state index contributed by atoms with van der Waals surface area (Å²) in [5, 5.41) is 19.2. The van der Waals surface area contributed by atoms with Gasteiger partial charge in [-0.25, -0.2) is 0 Å². The molecule has 0 aliphatic carbocycles. The molecule has 1 aromatic carbocycles. The van der Waals surface area contributed by atoms with Crippen molar-refractivity contribution in [2.75, 3.05) is 0 Å². The van der Waals surface area contributed by atoms with Gasteiger partial charge in [0.25, 0.3) is 0 Å². The first-order valence-electron chi connectivity index (χ1n) is 4.39. The molecule has 0 spiro atoms. The van der Waals surface area contributed by atoms with Gasteiger partial charge in [-0.3, -0.25) is 0 Å². The van der Waals surface area contributed by atoms with E-state index in [2.05, 4.69) is 0 Å². The first-order valence-corrected chi connectivity index (χ1v) is 5.59. The number of rotatable bonds is 1. The third-order valence-corrected chi connectivity index (χ3v) is 3.76. The Kier molecular flexibility index (Phi) is 2.66. The highest BCUT2D eigenvalue weighted by Gasteiger charge is 2.12. The minimum Gasteiger partial charge on any atom is -0.374 e. The maximum Gasteiger partial charge on any atom is 0.166 e. The third kappa shape index (κ3) is 1.72. The molecule has 1 N–H and O–H groups in total. The van der Waals surface area contributed by atoms with Crippen LogP contribution in [-0.2, 0) is 0 Å². The average Bonchev–Trinajstić information content (AvgIpc) is 2.59. The minimum absolute atomic E-state index is 0.656. The SMILES string of the molecule is Cc1c(C(O)C#N)ccc2cc(Cl)sc12. The van der Waals surface area contributed by atoms with E-state index < -0.39 is 6.10 Å². The summed E-state index contributed by atoms with van der Waals surface area (Å²) >= 11 is 7.38. The van der Waals surface area contributed by atoms with E-state index in [1.807, 2.05) is 25.1 Å². The van der Waals surface area contributed by atoms with Gasteiger partial charge in [-0.1, -0.05) is 23.7 Å². The molecule has 15 heavy (non-hydrogen) atoms. The highest BCUT2D eigenvalue weighted by atomic mass is 35.5. The number of benzene rings is 1. The summed E-state index contributed by atoms with van der Waals surface area (Å²) in [5.74, 6) is 0. The van der Waals surface area contributed by atoms with Crippen LogP contribution in [0, 0.1) is 18.3 Å². The lowest BCUT2D eigenvalue weighted by Crippen LogP contribution is -1.96. The molecular weight excluding hydrogens is 230 g/mol. The Balaban J connectivity index is 2.70. The standard InChI is InChI=1S/C11H8ClNOS/c1-6-8(9(14)5-13)3-2-7-4-10(12)15-11(6)7/h2-4,9,14H,1H3. The topological polar surface area (TPSA) is 44.0 Å². The molecule has 1 aromatic heterocycles. The molecule has 0 radical (unpaired) electrons. The Bertz CT molecular complexity index is 555. The monoisotopic (exact) mass is 237 g/mol. The molecule has 0 aliphatic heterocycles. The summed E-state index contributed by atoms with van der Waals surface area (Å²) in [6, 6.07) is 7.35. The molecule has 0 saturated carbocycles. The van der Waals surface area contributed by atoms with E-state index in [-0.39, 0.29) is 0 Å². The van der Waals surface area contributed by atoms with Crippen molar-refractivity contribution >= 4 is 33.0 Å². The molecule has 0 fully saturated rings. The van der Waals surface area contributed by atoms with Gasteiger partial charge in [-0.15, -0.1) is 11.3 Å². The van der Waals surface area contributed by atoms with E-state index in [9.17, 15) is 5.11 Å². The molecule has 4 heteroatoms. The molecule has 2 rings (SSSR count). The Morgan fingerprint density at radius 2 is 2.27 bits per heavy atom. The zero-order chi connectivity index (χ0) is 11.0. The molecule has 0 amide bonds. The number of aliphatic hydroxyl groups excluding tert-OH is 1. The fourth-order valence-electron chi connectivity index (χ4n) is 1.59. The molecule has 1 atom stereocenters. The van der Waals surface area contributed by atoms with E-state index in [1.165, 1.54) is 11.3 Å². The van der Waals surface area contributed by atoms with Crippen molar-refractivity contribution in [3.05, 3.63) is 33.7 Å². The maximum atomic E-state index is 9.49. The molecule has 76 valence electrons. The van der Waals surface area contributed by atoms with Gasteiger partial charge in [-0.05, 0) is 29.5 Å². The van der Waals surface area contributed by atoms with Gasteiger partial charge in [0.15, 0.2) is 6.10 Å². The highest BCUT2D eigenvalue weighted by Crippen LogP contribution is 2.34. The second-order valence-electron chi connectivity index (χ2n) is 3.28. The molecule has 1 unspecified atom stereocenters. The number of thiophene rings is 1. The van der Waals surface area contributed by atoms with Crippen LogP contribution in [-0.4, -0.2) is 5.11 Å². The minimum atomic E-state index is -1.06. The van der Waals surface area contributed by atoms with Crippen molar-refractivity contribution in [3.8, 4) is 6.07 Å². The number of fused-ring (bicyclic) bond motifs is 1. The fourth-order valence-corrected chi connectivity index (χ4v) is 2.84. The number of nitriles is 1. The van der Waals surface area contributed by atoms with Crippen LogP contribution in [0.1, 0.15) is 17.2 Å². The van der Waals surface area contributed by atoms with Gasteiger partial charge in [-0.2, -0.15) is 5.26 Å². The van der Waals surface area contributed by atoms with E-state index in [4.69, 9.17) is 16.9 Å². The number of hydrogen-bond acceptors (Lipinski definition) is 3. The number of halogens is 1. The van der Waals surface area contributed by atoms with E-state index in [0.717, 1.165) is 20.0 Å². The van der Waals surface area contributed by atoms with Gasteiger partial charge in [0.1, 0.15) is 0 Å². The lowest BCUT2D eigenvalue weighted by molar-refractivity contribution is 0.235.